The number of amides is 3. The van der Waals surface area contributed by atoms with Crippen LogP contribution in [0.1, 0.15) is 55.3 Å². The van der Waals surface area contributed by atoms with Crippen molar-refractivity contribution in [2.45, 2.75) is 65.4 Å². The number of imidazole rings is 2. The van der Waals surface area contributed by atoms with Gasteiger partial charge in [-0.2, -0.15) is 20.4 Å². The minimum absolute atomic E-state index is 0.127. The average Bonchev–Trinajstić information content (AvgIpc) is 4.08. The van der Waals surface area contributed by atoms with E-state index in [-0.39, 0.29) is 36.2 Å². The molecule has 0 bridgehead atoms. The number of nitrogens with one attached hydrogen (secondary N) is 3. The van der Waals surface area contributed by atoms with Crippen molar-refractivity contribution in [1.82, 2.24) is 59.0 Å². The highest BCUT2D eigenvalue weighted by molar-refractivity contribution is 6.02. The maximum atomic E-state index is 13.9. The summed E-state index contributed by atoms with van der Waals surface area (Å²) in [5.41, 5.74) is 15.4. The van der Waals surface area contributed by atoms with E-state index in [1.807, 2.05) is 26.2 Å². The lowest BCUT2D eigenvalue weighted by atomic mass is 10.0. The zero-order valence-electron chi connectivity index (χ0n) is 34.5. The van der Waals surface area contributed by atoms with Gasteiger partial charge in [-0.3, -0.25) is 27.7 Å². The fraction of sp³-hybridized carbons (Fsp3) is 0.462. The van der Waals surface area contributed by atoms with Gasteiger partial charge in [-0.25, -0.2) is 23.8 Å². The predicted molar refractivity (Wildman–Crippen MR) is 221 cm³/mol. The van der Waals surface area contributed by atoms with E-state index in [1.165, 1.54) is 21.8 Å². The Morgan fingerprint density at radius 1 is 0.738 bits per heavy atom. The zero-order chi connectivity index (χ0) is 43.6. The summed E-state index contributed by atoms with van der Waals surface area (Å²) in [6.45, 7) is 11.2. The smallest absolute Gasteiger partial charge is 0.410 e. The molecule has 2 aliphatic heterocycles. The fourth-order valence-corrected chi connectivity index (χ4v) is 7.24. The van der Waals surface area contributed by atoms with E-state index in [9.17, 15) is 23.2 Å². The zero-order valence-corrected chi connectivity index (χ0v) is 34.5. The first-order valence-electron chi connectivity index (χ1n) is 20.0. The van der Waals surface area contributed by atoms with Crippen LogP contribution in [0, 0.1) is 11.8 Å². The van der Waals surface area contributed by atoms with Gasteiger partial charge in [0.15, 0.2) is 11.3 Å². The molecule has 22 heteroatoms. The van der Waals surface area contributed by atoms with Crippen LogP contribution in [0.3, 0.4) is 0 Å². The Kier molecular flexibility index (Phi) is 12.2. The monoisotopic (exact) mass is 844 g/mol. The van der Waals surface area contributed by atoms with Crippen LogP contribution in [0.15, 0.2) is 49.6 Å². The van der Waals surface area contributed by atoms with Crippen LogP contribution >= 0.6 is 0 Å². The molecule has 324 valence electrons. The number of fused-ring (bicyclic) bond motifs is 2. The van der Waals surface area contributed by atoms with E-state index in [0.29, 0.717) is 53.7 Å². The average molecular weight is 845 g/mol. The van der Waals surface area contributed by atoms with Gasteiger partial charge in [0.25, 0.3) is 11.8 Å². The number of halogens is 2. The molecule has 0 saturated carbocycles. The molecule has 6 aromatic rings. The summed E-state index contributed by atoms with van der Waals surface area (Å²) in [6, 6.07) is -0.646. The molecule has 0 radical (unpaired) electrons. The van der Waals surface area contributed by atoms with Gasteiger partial charge in [0.2, 0.25) is 0 Å². The molecule has 2 aliphatic rings. The van der Waals surface area contributed by atoms with Gasteiger partial charge in [0.05, 0.1) is 90.5 Å². The topological polar surface area (TPSA) is 248 Å². The van der Waals surface area contributed by atoms with Crippen LogP contribution in [0.2, 0.25) is 0 Å². The van der Waals surface area contributed by atoms with E-state index in [2.05, 4.69) is 46.3 Å². The summed E-state index contributed by atoms with van der Waals surface area (Å²) in [6.07, 6.45) is 12.9. The lowest BCUT2D eigenvalue weighted by molar-refractivity contribution is 0.0285. The number of nitrogens with zero attached hydrogens (tertiary/aromatic N) is 11. The third-order valence-corrected chi connectivity index (χ3v) is 10.5. The molecule has 7 N–H and O–H groups in total. The number of nitrogens with two attached hydrogens (primary N) is 2. The predicted octanol–water partition coefficient (Wildman–Crippen LogP) is 3.01. The van der Waals surface area contributed by atoms with Crippen LogP contribution in [0.4, 0.5) is 25.0 Å². The lowest BCUT2D eigenvalue weighted by Gasteiger charge is -2.24. The number of primary amides is 2. The van der Waals surface area contributed by atoms with Crippen molar-refractivity contribution in [2.75, 3.05) is 50.2 Å². The molecule has 0 unspecified atom stereocenters. The first kappa shape index (κ1) is 42.4. The van der Waals surface area contributed by atoms with Crippen LogP contribution in [-0.4, -0.2) is 129 Å². The molecule has 0 aliphatic carbocycles. The summed E-state index contributed by atoms with van der Waals surface area (Å²) in [5, 5.41) is 26.7. The molecule has 20 nitrogen and oxygen atoms in total. The molecular weight excluding hydrogens is 795 g/mol. The van der Waals surface area contributed by atoms with E-state index >= 15 is 0 Å². The molecule has 8 heterocycles. The number of aromatic nitrogens is 10. The van der Waals surface area contributed by atoms with Crippen LogP contribution in [0.25, 0.3) is 33.8 Å². The molecule has 61 heavy (non-hydrogen) atoms. The SMILES string of the molecule is CCn1cc(-c2cn3ncc(C(N)=O)c(N[C@@H]4CN(C(=O)OC(C)(C)C)C[C@@H]4CF)c3n2)cn1.CCn1cc(-c2cn3ncc(C(N)=O)c(N[C@@H]4CNC[C@@H]4CF)c3n2)cn1. The van der Waals surface area contributed by atoms with Crippen LogP contribution in [0.5, 0.6) is 0 Å². The second kappa shape index (κ2) is 17.5. The molecule has 3 amide bonds. The molecule has 2 saturated heterocycles. The highest BCUT2D eigenvalue weighted by atomic mass is 19.1. The van der Waals surface area contributed by atoms with Gasteiger partial charge in [0.1, 0.15) is 5.60 Å². The van der Waals surface area contributed by atoms with Gasteiger partial charge >= 0.3 is 6.09 Å². The van der Waals surface area contributed by atoms with Crippen molar-refractivity contribution in [2.24, 2.45) is 23.3 Å². The molecular formula is C39H50F2N16O4. The Bertz CT molecular complexity index is 2540. The summed E-state index contributed by atoms with van der Waals surface area (Å²) in [4.78, 5) is 47.4. The number of likely N-dealkylation sites (tertiary alicyclic amines) is 1. The fourth-order valence-electron chi connectivity index (χ4n) is 7.24. The van der Waals surface area contributed by atoms with E-state index in [1.54, 1.807) is 59.4 Å². The van der Waals surface area contributed by atoms with Crippen molar-refractivity contribution in [3.05, 3.63) is 60.7 Å². The maximum Gasteiger partial charge on any atom is 0.410 e. The van der Waals surface area contributed by atoms with Gasteiger partial charge < -0.3 is 37.1 Å². The molecule has 8 rings (SSSR count). The Balaban J connectivity index is 0.000000189. The van der Waals surface area contributed by atoms with Gasteiger partial charge in [0, 0.05) is 80.7 Å². The Morgan fingerprint density at radius 2 is 1.25 bits per heavy atom. The Labute approximate surface area is 349 Å². The molecule has 2 fully saturated rings. The Morgan fingerprint density at radius 3 is 1.69 bits per heavy atom. The molecule has 0 aromatic carbocycles. The number of ether oxygens (including phenoxy) is 1. The quantitative estimate of drug-likeness (QED) is 0.119. The summed E-state index contributed by atoms with van der Waals surface area (Å²) >= 11 is 0. The number of hydrogen-bond donors (Lipinski definition) is 5. The number of carbonyl (C=O) groups excluding carboxylic acids is 3. The van der Waals surface area contributed by atoms with Gasteiger partial charge in [-0.05, 0) is 34.6 Å². The van der Waals surface area contributed by atoms with E-state index in [4.69, 9.17) is 16.2 Å². The molecule has 4 atom stereocenters. The minimum Gasteiger partial charge on any atom is -0.444 e. The molecule has 0 spiro atoms. The normalized spacial score (nSPS) is 19.0. The summed E-state index contributed by atoms with van der Waals surface area (Å²) in [5.74, 6) is -1.99. The van der Waals surface area contributed by atoms with Crippen molar-refractivity contribution >= 4 is 40.6 Å². The maximum absolute atomic E-state index is 13.9. The first-order chi connectivity index (χ1) is 29.2. The number of rotatable bonds is 12. The van der Waals surface area contributed by atoms with Gasteiger partial charge in [-0.1, -0.05) is 0 Å². The highest BCUT2D eigenvalue weighted by Gasteiger charge is 2.38. The van der Waals surface area contributed by atoms with Crippen molar-refractivity contribution in [3.8, 4) is 22.5 Å². The minimum atomic E-state index is -0.695. The number of aryl methyl sites for hydroxylation is 2. The lowest BCUT2D eigenvalue weighted by Crippen LogP contribution is -2.36. The number of carbonyl (C=O) groups is 3. The highest BCUT2D eigenvalue weighted by Crippen LogP contribution is 2.31. The van der Waals surface area contributed by atoms with E-state index in [0.717, 1.165) is 17.7 Å². The number of anilines is 2. The largest absolute Gasteiger partial charge is 0.444 e. The van der Waals surface area contributed by atoms with Crippen LogP contribution in [-0.2, 0) is 17.8 Å². The number of alkyl halides is 2. The third-order valence-electron chi connectivity index (χ3n) is 10.5. The van der Waals surface area contributed by atoms with Crippen LogP contribution < -0.4 is 27.4 Å². The second-order valence-corrected chi connectivity index (χ2v) is 15.9. The Hall–Kier alpha value is -6.71. The molecule has 6 aromatic heterocycles. The van der Waals surface area contributed by atoms with Crippen molar-refractivity contribution in [1.29, 1.82) is 0 Å². The summed E-state index contributed by atoms with van der Waals surface area (Å²) in [7, 11) is 0. The summed E-state index contributed by atoms with van der Waals surface area (Å²) < 4.78 is 39.3. The van der Waals surface area contributed by atoms with Crippen molar-refractivity contribution < 1.29 is 27.9 Å². The second-order valence-electron chi connectivity index (χ2n) is 15.9. The standard InChI is InChI=1S/C22H29FN8O3.C17H21FN8O/c1-5-30-10-14(7-25-30)17-12-31-20(28-17)18(15(8-26-31)19(24)32)27-16-11-29(9-13(16)6-23)21(33)34-22(2,3)4;1-2-25-8-11(5-21-25)14-9-26-17(24-14)15(12(6-22-26)16(19)27)23-13-7-20-4-10(13)3-18/h7-8,10,12-13,16,27H,5-6,9,11H2,1-4H3,(H2,24,32);5-6,8-10,13,20,23H,2-4,7H2,1H3,(H2,19,27)/t13-,16+;10-,13+/m00/s1. The van der Waals surface area contributed by atoms with E-state index < -0.39 is 48.8 Å². The van der Waals surface area contributed by atoms with Crippen molar-refractivity contribution in [3.63, 3.8) is 0 Å². The van der Waals surface area contributed by atoms with Gasteiger partial charge in [-0.15, -0.1) is 0 Å². The third kappa shape index (κ3) is 9.07. The number of hydrogen-bond acceptors (Lipinski definition) is 13. The first-order valence-corrected chi connectivity index (χ1v) is 20.0.